The van der Waals surface area contributed by atoms with Gasteiger partial charge >= 0.3 is 0 Å². The van der Waals surface area contributed by atoms with Crippen molar-refractivity contribution >= 4 is 11.6 Å². The highest BCUT2D eigenvalue weighted by atomic mass is 16.5. The first-order valence-corrected chi connectivity index (χ1v) is 9.36. The third kappa shape index (κ3) is 5.14. The van der Waals surface area contributed by atoms with Gasteiger partial charge in [0.15, 0.2) is 11.5 Å². The van der Waals surface area contributed by atoms with Crippen LogP contribution in [-0.4, -0.2) is 12.5 Å². The van der Waals surface area contributed by atoms with Gasteiger partial charge in [-0.25, -0.2) is 0 Å². The topological polar surface area (TPSA) is 71.3 Å². The molecule has 0 spiro atoms. The SMILES string of the molecule is CCOc1cc(C#N)ccc1O[C@@H](C(=O)Nc1ccc(C)cc1)c1ccccc1. The van der Waals surface area contributed by atoms with Gasteiger partial charge in [-0.05, 0) is 38.1 Å². The Balaban J connectivity index is 1.91. The van der Waals surface area contributed by atoms with Crippen LogP contribution in [0.2, 0.25) is 0 Å². The average molecular weight is 386 g/mol. The number of nitriles is 1. The van der Waals surface area contributed by atoms with Crippen LogP contribution in [0.3, 0.4) is 0 Å². The van der Waals surface area contributed by atoms with Crippen LogP contribution >= 0.6 is 0 Å². The second-order valence-corrected chi connectivity index (χ2v) is 6.47. The number of carbonyl (C=O) groups is 1. The van der Waals surface area contributed by atoms with Crippen LogP contribution in [0.5, 0.6) is 11.5 Å². The van der Waals surface area contributed by atoms with Crippen LogP contribution in [-0.2, 0) is 4.79 Å². The van der Waals surface area contributed by atoms with Gasteiger partial charge in [-0.15, -0.1) is 0 Å². The fraction of sp³-hybridized carbons (Fsp3) is 0.167. The van der Waals surface area contributed by atoms with Crippen molar-refractivity contribution in [3.8, 4) is 17.6 Å². The first-order valence-electron chi connectivity index (χ1n) is 9.36. The summed E-state index contributed by atoms with van der Waals surface area (Å²) in [5, 5.41) is 12.0. The molecule has 5 heteroatoms. The zero-order chi connectivity index (χ0) is 20.6. The molecule has 3 aromatic carbocycles. The number of benzene rings is 3. The van der Waals surface area contributed by atoms with E-state index in [-0.39, 0.29) is 5.91 Å². The van der Waals surface area contributed by atoms with E-state index in [1.807, 2.05) is 68.4 Å². The Morgan fingerprint density at radius 1 is 1.03 bits per heavy atom. The van der Waals surface area contributed by atoms with E-state index >= 15 is 0 Å². The maximum Gasteiger partial charge on any atom is 0.270 e. The van der Waals surface area contributed by atoms with Gasteiger partial charge in [0, 0.05) is 17.3 Å². The van der Waals surface area contributed by atoms with Crippen LogP contribution in [0.15, 0.2) is 72.8 Å². The highest BCUT2D eigenvalue weighted by molar-refractivity contribution is 5.95. The van der Waals surface area contributed by atoms with Gasteiger partial charge in [0.2, 0.25) is 6.10 Å². The molecule has 0 aliphatic carbocycles. The van der Waals surface area contributed by atoms with Gasteiger partial charge in [-0.3, -0.25) is 4.79 Å². The van der Waals surface area contributed by atoms with Crippen molar-refractivity contribution in [2.75, 3.05) is 11.9 Å². The summed E-state index contributed by atoms with van der Waals surface area (Å²) in [4.78, 5) is 13.1. The van der Waals surface area contributed by atoms with E-state index in [4.69, 9.17) is 14.7 Å². The largest absolute Gasteiger partial charge is 0.490 e. The second-order valence-electron chi connectivity index (χ2n) is 6.47. The predicted molar refractivity (Wildman–Crippen MR) is 112 cm³/mol. The Bertz CT molecular complexity index is 1010. The minimum Gasteiger partial charge on any atom is -0.490 e. The summed E-state index contributed by atoms with van der Waals surface area (Å²) in [5.74, 6) is 0.529. The molecular weight excluding hydrogens is 364 g/mol. The first-order chi connectivity index (χ1) is 14.1. The van der Waals surface area contributed by atoms with Crippen molar-refractivity contribution in [1.82, 2.24) is 0 Å². The number of aryl methyl sites for hydroxylation is 1. The van der Waals surface area contributed by atoms with Gasteiger partial charge in [0.05, 0.1) is 18.2 Å². The summed E-state index contributed by atoms with van der Waals surface area (Å²) < 4.78 is 11.7. The Morgan fingerprint density at radius 2 is 1.76 bits per heavy atom. The fourth-order valence-electron chi connectivity index (χ4n) is 2.82. The number of nitrogens with one attached hydrogen (secondary N) is 1. The summed E-state index contributed by atoms with van der Waals surface area (Å²) in [6, 6.07) is 23.8. The van der Waals surface area contributed by atoms with E-state index in [2.05, 4.69) is 11.4 Å². The van der Waals surface area contributed by atoms with Crippen molar-refractivity contribution < 1.29 is 14.3 Å². The number of nitrogens with zero attached hydrogens (tertiary/aromatic N) is 1. The Labute approximate surface area is 170 Å². The third-order valence-electron chi connectivity index (χ3n) is 4.28. The van der Waals surface area contributed by atoms with Crippen molar-refractivity contribution in [2.45, 2.75) is 20.0 Å². The van der Waals surface area contributed by atoms with Crippen molar-refractivity contribution in [3.05, 3.63) is 89.5 Å². The van der Waals surface area contributed by atoms with Crippen LogP contribution in [0.4, 0.5) is 5.69 Å². The molecule has 0 saturated carbocycles. The molecule has 0 saturated heterocycles. The van der Waals surface area contributed by atoms with Crippen LogP contribution in [0, 0.1) is 18.3 Å². The number of rotatable bonds is 7. The van der Waals surface area contributed by atoms with E-state index in [1.165, 1.54) is 0 Å². The average Bonchev–Trinajstić information content (AvgIpc) is 2.75. The van der Waals surface area contributed by atoms with E-state index < -0.39 is 6.10 Å². The Hall–Kier alpha value is -3.78. The fourth-order valence-corrected chi connectivity index (χ4v) is 2.82. The lowest BCUT2D eigenvalue weighted by Crippen LogP contribution is -2.26. The van der Waals surface area contributed by atoms with Gasteiger partial charge in [0.1, 0.15) is 0 Å². The molecule has 0 radical (unpaired) electrons. The van der Waals surface area contributed by atoms with E-state index in [9.17, 15) is 4.79 Å². The number of hydrogen-bond donors (Lipinski definition) is 1. The van der Waals surface area contributed by atoms with E-state index in [0.29, 0.717) is 34.9 Å². The molecule has 3 aromatic rings. The van der Waals surface area contributed by atoms with E-state index in [0.717, 1.165) is 5.56 Å². The number of ether oxygens (including phenoxy) is 2. The van der Waals surface area contributed by atoms with Gasteiger partial charge in [-0.2, -0.15) is 5.26 Å². The zero-order valence-electron chi connectivity index (χ0n) is 16.4. The number of hydrogen-bond acceptors (Lipinski definition) is 4. The highest BCUT2D eigenvalue weighted by Gasteiger charge is 2.24. The summed E-state index contributed by atoms with van der Waals surface area (Å²) in [6.45, 7) is 4.25. The number of carbonyl (C=O) groups excluding carboxylic acids is 1. The third-order valence-corrected chi connectivity index (χ3v) is 4.28. The molecule has 1 amide bonds. The van der Waals surface area contributed by atoms with Crippen molar-refractivity contribution in [2.24, 2.45) is 0 Å². The maximum absolute atomic E-state index is 13.1. The molecule has 0 heterocycles. The predicted octanol–water partition coefficient (Wildman–Crippen LogP) is 5.02. The number of amides is 1. The lowest BCUT2D eigenvalue weighted by Gasteiger charge is -2.21. The molecule has 29 heavy (non-hydrogen) atoms. The summed E-state index contributed by atoms with van der Waals surface area (Å²) in [7, 11) is 0. The molecule has 1 atom stereocenters. The molecule has 0 aromatic heterocycles. The smallest absolute Gasteiger partial charge is 0.270 e. The van der Waals surface area contributed by atoms with Crippen LogP contribution in [0.1, 0.15) is 29.7 Å². The molecule has 0 aliphatic rings. The number of anilines is 1. The molecular formula is C24H22N2O3. The molecule has 1 N–H and O–H groups in total. The standard InChI is InChI=1S/C24H22N2O3/c1-3-28-22-15-18(16-25)11-14-21(22)29-23(19-7-5-4-6-8-19)24(27)26-20-12-9-17(2)10-13-20/h4-15,23H,3H2,1-2H3,(H,26,27)/t23-/m1/s1. The second kappa shape index (κ2) is 9.43. The van der Waals surface area contributed by atoms with Crippen LogP contribution < -0.4 is 14.8 Å². The lowest BCUT2D eigenvalue weighted by molar-refractivity contribution is -0.123. The quantitative estimate of drug-likeness (QED) is 0.619. The van der Waals surface area contributed by atoms with Crippen molar-refractivity contribution in [1.29, 1.82) is 5.26 Å². The van der Waals surface area contributed by atoms with Crippen LogP contribution in [0.25, 0.3) is 0 Å². The molecule has 3 rings (SSSR count). The zero-order valence-corrected chi connectivity index (χ0v) is 16.4. The van der Waals surface area contributed by atoms with Gasteiger partial charge in [0.25, 0.3) is 5.91 Å². The highest BCUT2D eigenvalue weighted by Crippen LogP contribution is 2.33. The Morgan fingerprint density at radius 3 is 2.41 bits per heavy atom. The molecule has 0 fully saturated rings. The first kappa shape index (κ1) is 20.0. The lowest BCUT2D eigenvalue weighted by atomic mass is 10.1. The van der Waals surface area contributed by atoms with Gasteiger partial charge < -0.3 is 14.8 Å². The summed E-state index contributed by atoms with van der Waals surface area (Å²) in [6.07, 6.45) is -0.885. The molecule has 0 aliphatic heterocycles. The molecule has 0 unspecified atom stereocenters. The molecule has 5 nitrogen and oxygen atoms in total. The summed E-state index contributed by atoms with van der Waals surface area (Å²) >= 11 is 0. The minimum atomic E-state index is -0.885. The molecule has 0 bridgehead atoms. The minimum absolute atomic E-state index is 0.299. The van der Waals surface area contributed by atoms with E-state index in [1.54, 1.807) is 18.2 Å². The van der Waals surface area contributed by atoms with Crippen molar-refractivity contribution in [3.63, 3.8) is 0 Å². The van der Waals surface area contributed by atoms with Gasteiger partial charge in [-0.1, -0.05) is 48.0 Å². The monoisotopic (exact) mass is 386 g/mol. The Kier molecular flexibility index (Phi) is 6.49. The molecule has 146 valence electrons. The summed E-state index contributed by atoms with van der Waals surface area (Å²) in [5.41, 5.74) is 2.97. The normalized spacial score (nSPS) is 11.2. The maximum atomic E-state index is 13.1.